The van der Waals surface area contributed by atoms with E-state index in [9.17, 15) is 0 Å². The van der Waals surface area contributed by atoms with Gasteiger partial charge >= 0.3 is 0 Å². The van der Waals surface area contributed by atoms with Gasteiger partial charge in [-0.2, -0.15) is 29.6 Å². The second kappa shape index (κ2) is 22.6. The predicted molar refractivity (Wildman–Crippen MR) is 299 cm³/mol. The molecule has 5 aromatic carbocycles. The fourth-order valence-electron chi connectivity index (χ4n) is 9.87. The van der Waals surface area contributed by atoms with E-state index in [2.05, 4.69) is 151 Å². The Labute approximate surface area is 468 Å². The van der Waals surface area contributed by atoms with Gasteiger partial charge in [0.15, 0.2) is 0 Å². The minimum atomic E-state index is 0. The average Bonchev–Trinajstić information content (AvgIpc) is 4.18. The van der Waals surface area contributed by atoms with Crippen LogP contribution in [-0.4, -0.2) is 40.7 Å². The van der Waals surface area contributed by atoms with Crippen molar-refractivity contribution in [3.63, 3.8) is 0 Å². The van der Waals surface area contributed by atoms with Crippen LogP contribution in [0.1, 0.15) is 51.9 Å². The molecule has 0 spiro atoms. The summed E-state index contributed by atoms with van der Waals surface area (Å²) in [5.41, 5.74) is 17.0. The maximum absolute atomic E-state index is 5.18. The number of hydrazone groups is 2. The minimum absolute atomic E-state index is 0. The largest absolute Gasteiger partial charge is 0.491 e. The molecule has 3 aromatic heterocycles. The van der Waals surface area contributed by atoms with E-state index in [1.807, 2.05) is 125 Å². The number of anilines is 10. The molecule has 0 amide bonds. The molecule has 0 unspecified atom stereocenters. The van der Waals surface area contributed by atoms with Gasteiger partial charge in [-0.25, -0.2) is 9.97 Å². The quantitative estimate of drug-likeness (QED) is 0.136. The molecule has 0 radical (unpaired) electrons. The number of aryl methyl sites for hydroxylation is 6. The van der Waals surface area contributed by atoms with E-state index in [-0.39, 0.29) is 47.0 Å². The summed E-state index contributed by atoms with van der Waals surface area (Å²) >= 11 is 0. The van der Waals surface area contributed by atoms with E-state index in [0.717, 1.165) is 79.9 Å². The van der Waals surface area contributed by atoms with Crippen molar-refractivity contribution in [2.24, 2.45) is 10.2 Å². The maximum atomic E-state index is 5.18. The van der Waals surface area contributed by atoms with Crippen LogP contribution >= 0.6 is 0 Å². The second-order valence-corrected chi connectivity index (χ2v) is 18.3. The Balaban J connectivity index is 0.000000219. The van der Waals surface area contributed by atoms with Crippen LogP contribution in [0.15, 0.2) is 162 Å². The fourth-order valence-corrected chi connectivity index (χ4v) is 9.87. The van der Waals surface area contributed by atoms with Crippen LogP contribution in [0.5, 0.6) is 0 Å². The van der Waals surface area contributed by atoms with Gasteiger partial charge in [-0.05, 0) is 126 Å². The standard InChI is InChI=1S/C40H37N6.C19H16N7.CH4.2Os/c1-27-20-29(3)37(30(4)21-27)39-41-45(25-43(39)33-14-9-7-10-15-33)35-18-13-19-36(24-35)46-26-44(34-16-11-8-12-17-34)40(42-46)38-31(5)22-28(2)23-32(38)6;1-23-12-25(16-5-3-7-21-18(16)23)14-9-15(11-20-10-14)26-13-24(2)19-17(26)6-4-8-22-19;;;/h7-23,25-26H,1-6H3;3-8,10-13H,1-2H3;1H4;;/q2*-3;;;. The Kier molecular flexibility index (Phi) is 16.2. The Morgan fingerprint density at radius 2 is 0.813 bits per heavy atom. The first-order chi connectivity index (χ1) is 35.0. The van der Waals surface area contributed by atoms with E-state index in [0.29, 0.717) is 0 Å². The molecule has 7 heterocycles. The number of hydrogen-bond acceptors (Lipinski definition) is 13. The maximum Gasteiger partial charge on any atom is 0.130 e. The fraction of sp³-hybridized carbons (Fsp3) is 0.150. The average molecular weight is 1340 g/mol. The van der Waals surface area contributed by atoms with Crippen molar-refractivity contribution in [2.75, 3.05) is 53.5 Å². The third kappa shape index (κ3) is 10.5. The SMILES string of the molecule is C.CN1[CH-]N(c2[c-]c(N3[CH-]N(C)c4ncccc43)cnc2)c2cccnc21.Cc1cc(C)c(C2=NN(c3[c-]c(N4[CH-]N(c5ccccc5)C(c5c(C)cc(C)cc5C)=N4)ccc3)[CH-]N2c2ccccc2)c(C)c1.[Os].[Os]. The third-order valence-corrected chi connectivity index (χ3v) is 12.9. The molecule has 13 nitrogen and oxygen atoms in total. The number of hydrogen-bond donors (Lipinski definition) is 0. The van der Waals surface area contributed by atoms with Crippen LogP contribution < -0.4 is 39.4 Å². The molecule has 75 heavy (non-hydrogen) atoms. The molecule has 0 bridgehead atoms. The number of aromatic nitrogens is 3. The first-order valence-electron chi connectivity index (χ1n) is 23.8. The molecule has 0 saturated heterocycles. The monoisotopic (exact) mass is 1340 g/mol. The molecule has 0 aliphatic carbocycles. The molecule has 4 aliphatic rings. The summed E-state index contributed by atoms with van der Waals surface area (Å²) in [7, 11) is 3.96. The van der Waals surface area contributed by atoms with Crippen molar-refractivity contribution in [3.05, 3.63) is 235 Å². The van der Waals surface area contributed by atoms with Crippen molar-refractivity contribution in [3.8, 4) is 0 Å². The van der Waals surface area contributed by atoms with Crippen LogP contribution in [0.2, 0.25) is 0 Å². The zero-order chi connectivity index (χ0) is 49.6. The summed E-state index contributed by atoms with van der Waals surface area (Å²) in [6.45, 7) is 21.0. The Hall–Kier alpha value is -7.44. The van der Waals surface area contributed by atoms with Crippen molar-refractivity contribution >= 4 is 68.8 Å². The minimum Gasteiger partial charge on any atom is -0.491 e. The number of fused-ring (bicyclic) bond motifs is 2. The van der Waals surface area contributed by atoms with Gasteiger partial charge in [0.2, 0.25) is 0 Å². The number of para-hydroxylation sites is 2. The molecule has 8 aromatic rings. The number of rotatable bonds is 8. The van der Waals surface area contributed by atoms with Crippen molar-refractivity contribution in [1.82, 2.24) is 15.0 Å². The molecule has 0 fully saturated rings. The molecule has 15 heteroatoms. The van der Waals surface area contributed by atoms with Crippen LogP contribution in [0.4, 0.5) is 57.1 Å². The van der Waals surface area contributed by atoms with E-state index in [4.69, 9.17) is 10.2 Å². The van der Waals surface area contributed by atoms with Gasteiger partial charge < -0.3 is 44.4 Å². The smallest absolute Gasteiger partial charge is 0.130 e. The van der Waals surface area contributed by atoms with Gasteiger partial charge in [0.1, 0.15) is 23.3 Å². The number of pyridine rings is 3. The summed E-state index contributed by atoms with van der Waals surface area (Å²) in [5, 5.41) is 14.2. The third-order valence-electron chi connectivity index (χ3n) is 12.9. The zero-order valence-electron chi connectivity index (χ0n) is 42.3. The van der Waals surface area contributed by atoms with E-state index in [1.54, 1.807) is 24.8 Å². The first kappa shape index (κ1) is 53.8. The molecule has 12 rings (SSSR count). The Bertz CT molecular complexity index is 3130. The topological polar surface area (TPSA) is 89.3 Å². The summed E-state index contributed by atoms with van der Waals surface area (Å²) in [5.74, 6) is 3.59. The summed E-state index contributed by atoms with van der Waals surface area (Å²) < 4.78 is 0. The molecule has 0 saturated carbocycles. The second-order valence-electron chi connectivity index (χ2n) is 18.3. The predicted octanol–water partition coefficient (Wildman–Crippen LogP) is 12.7. The Morgan fingerprint density at radius 1 is 0.427 bits per heavy atom. The van der Waals surface area contributed by atoms with Crippen LogP contribution in [0, 0.1) is 80.3 Å². The van der Waals surface area contributed by atoms with Gasteiger partial charge in [-0.3, -0.25) is 0 Å². The normalized spacial score (nSPS) is 14.3. The van der Waals surface area contributed by atoms with Crippen molar-refractivity contribution < 1.29 is 39.6 Å². The number of nitrogens with zero attached hydrogens (tertiary/aromatic N) is 13. The van der Waals surface area contributed by atoms with Crippen molar-refractivity contribution in [1.29, 1.82) is 0 Å². The first-order valence-corrected chi connectivity index (χ1v) is 23.8. The molecular formula is C60H57N13Os2-6. The van der Waals surface area contributed by atoms with Crippen molar-refractivity contribution in [2.45, 2.75) is 49.0 Å². The van der Waals surface area contributed by atoms with E-state index < -0.39 is 0 Å². The Morgan fingerprint density at radius 3 is 1.21 bits per heavy atom. The molecule has 384 valence electrons. The molecule has 4 aliphatic heterocycles. The van der Waals surface area contributed by atoms with Crippen LogP contribution in [-0.2, 0) is 39.6 Å². The van der Waals surface area contributed by atoms with Crippen LogP contribution in [0.3, 0.4) is 0 Å². The number of amidine groups is 2. The summed E-state index contributed by atoms with van der Waals surface area (Å²) in [4.78, 5) is 25.7. The van der Waals surface area contributed by atoms with Gasteiger partial charge in [-0.1, -0.05) is 114 Å². The van der Waals surface area contributed by atoms with Gasteiger partial charge in [-0.15, -0.1) is 37.6 Å². The van der Waals surface area contributed by atoms with Gasteiger partial charge in [0.25, 0.3) is 0 Å². The summed E-state index contributed by atoms with van der Waals surface area (Å²) in [6.07, 6.45) is 7.20. The molecule has 0 N–H and O–H groups in total. The molecular weight excluding hydrogens is 1280 g/mol. The summed E-state index contributed by atoms with van der Waals surface area (Å²) in [6, 6.07) is 50.7. The van der Waals surface area contributed by atoms with Crippen LogP contribution in [0.25, 0.3) is 0 Å². The number of benzene rings is 5. The zero-order valence-corrected chi connectivity index (χ0v) is 47.3. The van der Waals surface area contributed by atoms with Gasteiger partial charge in [0.05, 0.1) is 11.4 Å². The molecule has 0 atom stereocenters. The van der Waals surface area contributed by atoms with E-state index in [1.165, 1.54) is 33.4 Å². The van der Waals surface area contributed by atoms with Gasteiger partial charge in [0, 0.05) is 74.5 Å². The van der Waals surface area contributed by atoms with E-state index >= 15 is 0 Å².